The van der Waals surface area contributed by atoms with Gasteiger partial charge in [-0.2, -0.15) is 0 Å². The molecule has 3 nitrogen and oxygen atoms in total. The summed E-state index contributed by atoms with van der Waals surface area (Å²) in [6, 6.07) is 0.0844. The van der Waals surface area contributed by atoms with Crippen molar-refractivity contribution in [2.24, 2.45) is 11.7 Å². The summed E-state index contributed by atoms with van der Waals surface area (Å²) < 4.78 is 0. The lowest BCUT2D eigenvalue weighted by atomic mass is 9.97. The lowest BCUT2D eigenvalue weighted by Crippen LogP contribution is -2.34. The van der Waals surface area contributed by atoms with Crippen LogP contribution in [-0.2, 0) is 4.79 Å². The smallest absolute Gasteiger partial charge is 0.224 e. The van der Waals surface area contributed by atoms with Gasteiger partial charge in [0.05, 0.1) is 5.88 Å². The van der Waals surface area contributed by atoms with E-state index in [1.54, 1.807) is 0 Å². The van der Waals surface area contributed by atoms with E-state index in [2.05, 4.69) is 0 Å². The van der Waals surface area contributed by atoms with Crippen molar-refractivity contribution >= 4 is 17.7 Å². The van der Waals surface area contributed by atoms with Crippen molar-refractivity contribution in [1.82, 2.24) is 4.90 Å². The van der Waals surface area contributed by atoms with Gasteiger partial charge in [-0.15, -0.1) is 11.8 Å². The minimum atomic E-state index is 0.0844. The van der Waals surface area contributed by atoms with Crippen molar-refractivity contribution in [3.63, 3.8) is 0 Å². The minimum Gasteiger partial charge on any atom is -0.333 e. The molecule has 0 aromatic heterocycles. The number of carbonyl (C=O) groups is 1. The van der Waals surface area contributed by atoms with Crippen LogP contribution in [0.25, 0.3) is 0 Å². The SMILES string of the molecule is N[C@@H](CC(=O)N1CCSC1)CC1CCCC1. The molecule has 0 bridgehead atoms. The summed E-state index contributed by atoms with van der Waals surface area (Å²) >= 11 is 1.83. The standard InChI is InChI=1S/C12H22N2OS/c13-11(7-10-3-1-2-4-10)8-12(15)14-5-6-16-9-14/h10-11H,1-9,13H2/t11-/m1/s1. The molecule has 1 amide bonds. The van der Waals surface area contributed by atoms with Crippen LogP contribution >= 0.6 is 11.8 Å². The number of nitrogens with two attached hydrogens (primary N) is 1. The van der Waals surface area contributed by atoms with Crippen molar-refractivity contribution in [2.75, 3.05) is 18.2 Å². The van der Waals surface area contributed by atoms with Crippen LogP contribution in [0.3, 0.4) is 0 Å². The highest BCUT2D eigenvalue weighted by Crippen LogP contribution is 2.28. The minimum absolute atomic E-state index is 0.0844. The Kier molecular flexibility index (Phi) is 4.53. The monoisotopic (exact) mass is 242 g/mol. The molecule has 0 aromatic carbocycles. The van der Waals surface area contributed by atoms with Crippen LogP contribution in [0.1, 0.15) is 38.5 Å². The molecule has 0 spiro atoms. The first kappa shape index (κ1) is 12.2. The third-order valence-corrected chi connectivity index (χ3v) is 4.62. The zero-order valence-corrected chi connectivity index (χ0v) is 10.7. The number of carbonyl (C=O) groups excluding carboxylic acids is 1. The molecule has 0 aromatic rings. The fourth-order valence-electron chi connectivity index (χ4n) is 2.72. The highest BCUT2D eigenvalue weighted by molar-refractivity contribution is 7.99. The van der Waals surface area contributed by atoms with Crippen LogP contribution in [-0.4, -0.2) is 35.0 Å². The highest BCUT2D eigenvalue weighted by atomic mass is 32.2. The molecular weight excluding hydrogens is 220 g/mol. The van der Waals surface area contributed by atoms with Gasteiger partial charge in [0.2, 0.25) is 5.91 Å². The Morgan fingerprint density at radius 3 is 2.81 bits per heavy atom. The Balaban J connectivity index is 1.68. The molecule has 1 aliphatic carbocycles. The zero-order chi connectivity index (χ0) is 11.4. The predicted molar refractivity (Wildman–Crippen MR) is 68.2 cm³/mol. The number of hydrogen-bond acceptors (Lipinski definition) is 3. The summed E-state index contributed by atoms with van der Waals surface area (Å²) in [4.78, 5) is 13.8. The molecule has 4 heteroatoms. The van der Waals surface area contributed by atoms with Gasteiger partial charge in [-0.1, -0.05) is 25.7 Å². The first-order valence-electron chi connectivity index (χ1n) is 6.37. The van der Waals surface area contributed by atoms with E-state index in [9.17, 15) is 4.79 Å². The van der Waals surface area contributed by atoms with Crippen LogP contribution in [0.4, 0.5) is 0 Å². The molecule has 1 aliphatic heterocycles. The van der Waals surface area contributed by atoms with E-state index in [-0.39, 0.29) is 11.9 Å². The summed E-state index contributed by atoms with van der Waals surface area (Å²) in [7, 11) is 0. The van der Waals surface area contributed by atoms with E-state index in [1.165, 1.54) is 25.7 Å². The summed E-state index contributed by atoms with van der Waals surface area (Å²) in [5.41, 5.74) is 6.07. The van der Waals surface area contributed by atoms with Gasteiger partial charge in [-0.25, -0.2) is 0 Å². The lowest BCUT2D eigenvalue weighted by molar-refractivity contribution is -0.130. The maximum Gasteiger partial charge on any atom is 0.224 e. The van der Waals surface area contributed by atoms with Crippen LogP contribution < -0.4 is 5.73 Å². The Labute approximate surface area is 102 Å². The first-order chi connectivity index (χ1) is 7.75. The maximum atomic E-state index is 11.9. The summed E-state index contributed by atoms with van der Waals surface area (Å²) in [6.07, 6.45) is 6.95. The fourth-order valence-corrected chi connectivity index (χ4v) is 3.69. The Hall–Kier alpha value is -0.220. The Morgan fingerprint density at radius 1 is 1.44 bits per heavy atom. The van der Waals surface area contributed by atoms with Crippen LogP contribution in [0.5, 0.6) is 0 Å². The molecule has 1 atom stereocenters. The largest absolute Gasteiger partial charge is 0.333 e. The highest BCUT2D eigenvalue weighted by Gasteiger charge is 2.23. The van der Waals surface area contributed by atoms with Gasteiger partial charge in [-0.05, 0) is 12.3 Å². The molecule has 16 heavy (non-hydrogen) atoms. The molecule has 1 heterocycles. The number of thioether (sulfide) groups is 1. The molecule has 1 saturated heterocycles. The molecule has 2 N–H and O–H groups in total. The Morgan fingerprint density at radius 2 is 2.19 bits per heavy atom. The van der Waals surface area contributed by atoms with E-state index >= 15 is 0 Å². The van der Waals surface area contributed by atoms with Gasteiger partial charge in [-0.3, -0.25) is 4.79 Å². The van der Waals surface area contributed by atoms with Gasteiger partial charge in [0, 0.05) is 24.8 Å². The quantitative estimate of drug-likeness (QED) is 0.818. The number of hydrogen-bond donors (Lipinski definition) is 1. The number of amides is 1. The van der Waals surface area contributed by atoms with Gasteiger partial charge < -0.3 is 10.6 Å². The topological polar surface area (TPSA) is 46.3 Å². The second kappa shape index (κ2) is 5.92. The van der Waals surface area contributed by atoms with Gasteiger partial charge >= 0.3 is 0 Å². The molecule has 2 aliphatic rings. The van der Waals surface area contributed by atoms with Crippen molar-refractivity contribution in [2.45, 2.75) is 44.6 Å². The molecule has 92 valence electrons. The first-order valence-corrected chi connectivity index (χ1v) is 7.52. The number of nitrogens with zero attached hydrogens (tertiary/aromatic N) is 1. The van der Waals surface area contributed by atoms with E-state index in [0.717, 1.165) is 30.5 Å². The maximum absolute atomic E-state index is 11.9. The van der Waals surface area contributed by atoms with Crippen molar-refractivity contribution in [1.29, 1.82) is 0 Å². The summed E-state index contributed by atoms with van der Waals surface area (Å²) in [6.45, 7) is 0.916. The molecular formula is C12H22N2OS. The Bertz CT molecular complexity index is 235. The second-order valence-corrected chi connectivity index (χ2v) is 6.12. The average molecular weight is 242 g/mol. The van der Waals surface area contributed by atoms with Crippen LogP contribution in [0, 0.1) is 5.92 Å². The summed E-state index contributed by atoms with van der Waals surface area (Å²) in [5.74, 6) is 3.00. The average Bonchev–Trinajstić information content (AvgIpc) is 2.88. The van der Waals surface area contributed by atoms with Gasteiger partial charge in [0.15, 0.2) is 0 Å². The van der Waals surface area contributed by atoms with Gasteiger partial charge in [0.1, 0.15) is 0 Å². The van der Waals surface area contributed by atoms with E-state index in [4.69, 9.17) is 5.73 Å². The summed E-state index contributed by atoms with van der Waals surface area (Å²) in [5, 5.41) is 0. The fraction of sp³-hybridized carbons (Fsp3) is 0.917. The molecule has 0 unspecified atom stereocenters. The second-order valence-electron chi connectivity index (χ2n) is 5.04. The lowest BCUT2D eigenvalue weighted by Gasteiger charge is -2.19. The molecule has 2 rings (SSSR count). The third-order valence-electron chi connectivity index (χ3n) is 3.65. The normalized spacial score (nSPS) is 23.9. The van der Waals surface area contributed by atoms with E-state index in [0.29, 0.717) is 6.42 Å². The van der Waals surface area contributed by atoms with Crippen molar-refractivity contribution in [3.05, 3.63) is 0 Å². The van der Waals surface area contributed by atoms with Crippen molar-refractivity contribution < 1.29 is 4.79 Å². The van der Waals surface area contributed by atoms with Gasteiger partial charge in [0.25, 0.3) is 0 Å². The predicted octanol–water partition coefficient (Wildman–Crippen LogP) is 1.82. The van der Waals surface area contributed by atoms with Crippen LogP contribution in [0.15, 0.2) is 0 Å². The molecule has 2 fully saturated rings. The van der Waals surface area contributed by atoms with E-state index in [1.807, 2.05) is 16.7 Å². The van der Waals surface area contributed by atoms with Crippen LogP contribution in [0.2, 0.25) is 0 Å². The zero-order valence-electron chi connectivity index (χ0n) is 9.86. The van der Waals surface area contributed by atoms with Crippen molar-refractivity contribution in [3.8, 4) is 0 Å². The number of rotatable bonds is 4. The molecule has 0 radical (unpaired) electrons. The molecule has 1 saturated carbocycles. The van der Waals surface area contributed by atoms with E-state index < -0.39 is 0 Å². The third kappa shape index (κ3) is 3.39.